The van der Waals surface area contributed by atoms with Crippen LogP contribution in [0.1, 0.15) is 17.5 Å². The van der Waals surface area contributed by atoms with Crippen molar-refractivity contribution in [3.8, 4) is 0 Å². The predicted octanol–water partition coefficient (Wildman–Crippen LogP) is 3.66. The number of methoxy groups -OCH3 is 1. The zero-order chi connectivity index (χ0) is 17.7. The van der Waals surface area contributed by atoms with Crippen molar-refractivity contribution >= 4 is 40.4 Å². The van der Waals surface area contributed by atoms with Gasteiger partial charge in [0.25, 0.3) is 0 Å². The molecule has 2 nitrogen and oxygen atoms in total. The number of hydrogen-bond acceptors (Lipinski definition) is 2. The van der Waals surface area contributed by atoms with E-state index < -0.39 is 0 Å². The molecule has 0 spiro atoms. The molecule has 0 bridgehead atoms. The van der Waals surface area contributed by atoms with E-state index in [1.807, 2.05) is 12.1 Å². The van der Waals surface area contributed by atoms with Crippen molar-refractivity contribution in [3.63, 3.8) is 0 Å². The average Bonchev–Trinajstić information content (AvgIpc) is 2.65. The van der Waals surface area contributed by atoms with Crippen LogP contribution in [-0.4, -0.2) is 7.11 Å². The summed E-state index contributed by atoms with van der Waals surface area (Å²) in [4.78, 5) is 0. The van der Waals surface area contributed by atoms with Crippen molar-refractivity contribution in [1.82, 2.24) is 0 Å². The topological polar surface area (TPSA) is 35.2 Å². The Labute approximate surface area is 147 Å². The molecule has 0 heterocycles. The molecular weight excluding hydrogens is 306 g/mol. The van der Waals surface area contributed by atoms with Gasteiger partial charge in [-0.05, 0) is 57.7 Å². The first-order valence-electron chi connectivity index (χ1n) is 8.68. The molecule has 1 aliphatic rings. The standard InChI is InChI=1S/C23H23NO/c1-13-18-10-9-16(15(3)25-4)11-20(18)14(2)22-21(13)12-17-7-5-6-8-19(17)23(22)24/h5-8,12,16H,1-3,9-11,24H2,4H3. The van der Waals surface area contributed by atoms with E-state index in [0.29, 0.717) is 5.92 Å². The van der Waals surface area contributed by atoms with E-state index in [-0.39, 0.29) is 0 Å². The van der Waals surface area contributed by atoms with Crippen LogP contribution in [-0.2, 0) is 17.6 Å². The van der Waals surface area contributed by atoms with Gasteiger partial charge in [0.05, 0.1) is 12.9 Å². The number of benzene rings is 3. The van der Waals surface area contributed by atoms with E-state index in [9.17, 15) is 0 Å². The van der Waals surface area contributed by atoms with Gasteiger partial charge in [0.1, 0.15) is 0 Å². The third kappa shape index (κ3) is 2.25. The summed E-state index contributed by atoms with van der Waals surface area (Å²) in [6.45, 7) is 12.9. The highest BCUT2D eigenvalue weighted by Crippen LogP contribution is 2.31. The van der Waals surface area contributed by atoms with Gasteiger partial charge in [-0.1, -0.05) is 44.0 Å². The Balaban J connectivity index is 2.06. The molecule has 1 unspecified atom stereocenters. The first-order chi connectivity index (χ1) is 12.0. The molecule has 0 saturated heterocycles. The Hall–Kier alpha value is -2.74. The van der Waals surface area contributed by atoms with Crippen LogP contribution < -0.4 is 16.2 Å². The number of fused-ring (bicyclic) bond motifs is 3. The normalized spacial score (nSPS) is 16.8. The lowest BCUT2D eigenvalue weighted by Crippen LogP contribution is -2.30. The highest BCUT2D eigenvalue weighted by atomic mass is 16.5. The number of nitrogens with two attached hydrogens (primary N) is 1. The Kier molecular flexibility index (Phi) is 3.57. The largest absolute Gasteiger partial charge is 0.501 e. The van der Waals surface area contributed by atoms with Gasteiger partial charge in [0, 0.05) is 22.4 Å². The van der Waals surface area contributed by atoms with E-state index in [1.54, 1.807) is 7.11 Å². The number of hydrogen-bond donors (Lipinski definition) is 1. The Morgan fingerprint density at radius 2 is 1.88 bits per heavy atom. The highest BCUT2D eigenvalue weighted by Gasteiger charge is 2.24. The molecule has 1 aliphatic carbocycles. The molecular formula is C23H23NO. The molecule has 2 heteroatoms. The summed E-state index contributed by atoms with van der Waals surface area (Å²) >= 11 is 0. The van der Waals surface area contributed by atoms with E-state index in [2.05, 4.69) is 37.9 Å². The number of allylic oxidation sites excluding steroid dienone is 1. The second-order valence-corrected chi connectivity index (χ2v) is 6.96. The molecule has 0 aromatic heterocycles. The summed E-state index contributed by atoms with van der Waals surface area (Å²) in [6, 6.07) is 10.4. The van der Waals surface area contributed by atoms with Crippen molar-refractivity contribution < 1.29 is 4.74 Å². The summed E-state index contributed by atoms with van der Waals surface area (Å²) in [7, 11) is 1.69. The van der Waals surface area contributed by atoms with Gasteiger partial charge in [-0.2, -0.15) is 0 Å². The van der Waals surface area contributed by atoms with Gasteiger partial charge in [0.15, 0.2) is 0 Å². The molecule has 0 fully saturated rings. The minimum absolute atomic E-state index is 0.330. The molecule has 3 aromatic carbocycles. The summed E-state index contributed by atoms with van der Waals surface area (Å²) in [5.41, 5.74) is 9.97. The van der Waals surface area contributed by atoms with Crippen LogP contribution in [0, 0.1) is 5.92 Å². The average molecular weight is 329 g/mol. The molecule has 25 heavy (non-hydrogen) atoms. The summed E-state index contributed by atoms with van der Waals surface area (Å²) in [5.74, 6) is 1.18. The number of nitrogen functional groups attached to an aromatic ring is 1. The van der Waals surface area contributed by atoms with Crippen LogP contribution in [0.2, 0.25) is 0 Å². The van der Waals surface area contributed by atoms with Crippen molar-refractivity contribution in [1.29, 1.82) is 0 Å². The van der Waals surface area contributed by atoms with E-state index in [0.717, 1.165) is 62.7 Å². The molecule has 1 atom stereocenters. The summed E-state index contributed by atoms with van der Waals surface area (Å²) in [6.07, 6.45) is 2.91. The molecule has 0 radical (unpaired) electrons. The van der Waals surface area contributed by atoms with Crippen LogP contribution in [0.15, 0.2) is 42.7 Å². The van der Waals surface area contributed by atoms with E-state index in [1.165, 1.54) is 11.1 Å². The van der Waals surface area contributed by atoms with Crippen LogP contribution in [0.5, 0.6) is 0 Å². The Morgan fingerprint density at radius 1 is 1.12 bits per heavy atom. The molecule has 3 aromatic rings. The van der Waals surface area contributed by atoms with Gasteiger partial charge < -0.3 is 10.5 Å². The lowest BCUT2D eigenvalue weighted by molar-refractivity contribution is 0.233. The third-order valence-corrected chi connectivity index (χ3v) is 5.72. The Bertz CT molecular complexity index is 1130. The fourth-order valence-electron chi connectivity index (χ4n) is 4.27. The monoisotopic (exact) mass is 329 g/mol. The lowest BCUT2D eigenvalue weighted by Gasteiger charge is -2.27. The first-order valence-corrected chi connectivity index (χ1v) is 8.68. The number of rotatable bonds is 2. The fourth-order valence-corrected chi connectivity index (χ4v) is 4.27. The molecule has 2 N–H and O–H groups in total. The van der Waals surface area contributed by atoms with Gasteiger partial charge >= 0.3 is 0 Å². The predicted molar refractivity (Wildman–Crippen MR) is 108 cm³/mol. The van der Waals surface area contributed by atoms with Gasteiger partial charge in [-0.25, -0.2) is 0 Å². The Morgan fingerprint density at radius 3 is 2.64 bits per heavy atom. The van der Waals surface area contributed by atoms with Crippen LogP contribution in [0.25, 0.3) is 34.7 Å². The first kappa shape index (κ1) is 15.8. The second kappa shape index (κ2) is 5.66. The maximum Gasteiger partial charge on any atom is 0.0918 e. The maximum absolute atomic E-state index is 6.57. The quantitative estimate of drug-likeness (QED) is 0.442. The SMILES string of the molecule is C=C(OC)C1CCc2c(c(=C)c3c(N)c4ccccc4cc3c2=C)C1. The fraction of sp³-hybridized carbons (Fsp3) is 0.217. The van der Waals surface area contributed by atoms with Gasteiger partial charge in [0.2, 0.25) is 0 Å². The van der Waals surface area contributed by atoms with Crippen molar-refractivity contribution in [2.75, 3.05) is 12.8 Å². The zero-order valence-electron chi connectivity index (χ0n) is 14.7. The molecule has 0 aliphatic heterocycles. The minimum atomic E-state index is 0.330. The van der Waals surface area contributed by atoms with Crippen LogP contribution in [0.4, 0.5) is 5.69 Å². The van der Waals surface area contributed by atoms with Crippen molar-refractivity contribution in [2.24, 2.45) is 5.92 Å². The lowest BCUT2D eigenvalue weighted by atomic mass is 9.79. The molecule has 0 saturated carbocycles. The second-order valence-electron chi connectivity index (χ2n) is 6.96. The van der Waals surface area contributed by atoms with Crippen LogP contribution >= 0.6 is 0 Å². The maximum atomic E-state index is 6.57. The highest BCUT2D eigenvalue weighted by molar-refractivity contribution is 6.10. The number of ether oxygens (including phenoxy) is 1. The van der Waals surface area contributed by atoms with E-state index in [4.69, 9.17) is 10.5 Å². The number of anilines is 1. The smallest absolute Gasteiger partial charge is 0.0918 e. The summed E-state index contributed by atoms with van der Waals surface area (Å²) in [5, 5.41) is 6.53. The van der Waals surface area contributed by atoms with Crippen molar-refractivity contribution in [3.05, 3.63) is 64.2 Å². The zero-order valence-corrected chi connectivity index (χ0v) is 14.7. The van der Waals surface area contributed by atoms with Gasteiger partial charge in [-0.3, -0.25) is 0 Å². The third-order valence-electron chi connectivity index (χ3n) is 5.72. The summed E-state index contributed by atoms with van der Waals surface area (Å²) < 4.78 is 5.39. The minimum Gasteiger partial charge on any atom is -0.501 e. The molecule has 4 rings (SSSR count). The van der Waals surface area contributed by atoms with Gasteiger partial charge in [-0.15, -0.1) is 0 Å². The van der Waals surface area contributed by atoms with Crippen LogP contribution in [0.3, 0.4) is 0 Å². The molecule has 126 valence electrons. The molecule has 0 amide bonds. The van der Waals surface area contributed by atoms with Crippen molar-refractivity contribution in [2.45, 2.75) is 19.3 Å². The van der Waals surface area contributed by atoms with E-state index >= 15 is 0 Å².